The van der Waals surface area contributed by atoms with Crippen molar-refractivity contribution in [3.8, 4) is 6.07 Å². The molecule has 0 saturated carbocycles. The summed E-state index contributed by atoms with van der Waals surface area (Å²) in [6.07, 6.45) is 0.915. The highest BCUT2D eigenvalue weighted by Crippen LogP contribution is 2.14. The van der Waals surface area contributed by atoms with E-state index in [9.17, 15) is 4.79 Å². The molecule has 0 heterocycles. The average Bonchev–Trinajstić information content (AvgIpc) is 2.15. The Morgan fingerprint density at radius 1 is 1.43 bits per heavy atom. The van der Waals surface area contributed by atoms with Crippen molar-refractivity contribution < 1.29 is 4.79 Å². The summed E-state index contributed by atoms with van der Waals surface area (Å²) in [7, 11) is 1.77. The molecule has 3 heteroatoms. The van der Waals surface area contributed by atoms with E-state index in [1.807, 2.05) is 27.7 Å². The van der Waals surface area contributed by atoms with Crippen LogP contribution in [0.15, 0.2) is 0 Å². The molecule has 0 aromatic heterocycles. The Morgan fingerprint density at radius 2 is 1.93 bits per heavy atom. The number of hydrogen-bond donors (Lipinski definition) is 0. The fourth-order valence-electron chi connectivity index (χ4n) is 1.20. The molecule has 2 unspecified atom stereocenters. The van der Waals surface area contributed by atoms with E-state index in [-0.39, 0.29) is 17.9 Å². The van der Waals surface area contributed by atoms with Gasteiger partial charge in [0.2, 0.25) is 5.91 Å². The van der Waals surface area contributed by atoms with Crippen molar-refractivity contribution >= 4 is 5.91 Å². The molecule has 0 fully saturated rings. The molecule has 0 rings (SSSR count). The fraction of sp³-hybridized carbons (Fsp3) is 0.818. The maximum atomic E-state index is 11.8. The second-order valence-corrected chi connectivity index (χ2v) is 4.06. The van der Waals surface area contributed by atoms with Crippen LogP contribution in [0, 0.1) is 23.2 Å². The van der Waals surface area contributed by atoms with Crippen LogP contribution in [0.2, 0.25) is 0 Å². The third-order valence-electron chi connectivity index (χ3n) is 2.67. The normalized spacial score (nSPS) is 14.6. The smallest absolute Gasteiger partial charge is 0.240 e. The van der Waals surface area contributed by atoms with Gasteiger partial charge in [0.05, 0.1) is 6.07 Å². The molecule has 3 nitrogen and oxygen atoms in total. The van der Waals surface area contributed by atoms with Crippen molar-refractivity contribution in [3.63, 3.8) is 0 Å². The van der Waals surface area contributed by atoms with Gasteiger partial charge in [-0.3, -0.25) is 4.79 Å². The van der Waals surface area contributed by atoms with Crippen molar-refractivity contribution in [2.45, 2.75) is 40.2 Å². The minimum absolute atomic E-state index is 0.0585. The molecule has 0 saturated heterocycles. The summed E-state index contributed by atoms with van der Waals surface area (Å²) in [4.78, 5) is 13.5. The number of amides is 1. The molecule has 14 heavy (non-hydrogen) atoms. The summed E-state index contributed by atoms with van der Waals surface area (Å²) < 4.78 is 0. The summed E-state index contributed by atoms with van der Waals surface area (Å²) in [5, 5.41) is 8.87. The summed E-state index contributed by atoms with van der Waals surface area (Å²) >= 11 is 0. The van der Waals surface area contributed by atoms with E-state index < -0.39 is 5.92 Å². The Hall–Kier alpha value is -1.04. The lowest BCUT2D eigenvalue weighted by Gasteiger charge is -2.27. The number of nitriles is 1. The summed E-state index contributed by atoms with van der Waals surface area (Å²) in [5.41, 5.74) is 0. The lowest BCUT2D eigenvalue weighted by Crippen LogP contribution is -2.40. The van der Waals surface area contributed by atoms with Gasteiger partial charge < -0.3 is 4.90 Å². The predicted molar refractivity (Wildman–Crippen MR) is 56.5 cm³/mol. The zero-order valence-electron chi connectivity index (χ0n) is 9.74. The molecule has 1 amide bonds. The van der Waals surface area contributed by atoms with E-state index in [0.717, 1.165) is 6.42 Å². The van der Waals surface area contributed by atoms with Gasteiger partial charge in [-0.2, -0.15) is 5.26 Å². The largest absolute Gasteiger partial charge is 0.342 e. The van der Waals surface area contributed by atoms with Gasteiger partial charge >= 0.3 is 0 Å². The van der Waals surface area contributed by atoms with Crippen LogP contribution in [-0.2, 0) is 4.79 Å². The minimum atomic E-state index is -0.506. The quantitative estimate of drug-likeness (QED) is 0.690. The van der Waals surface area contributed by atoms with Gasteiger partial charge in [-0.25, -0.2) is 0 Å². The van der Waals surface area contributed by atoms with Crippen LogP contribution in [0.5, 0.6) is 0 Å². The standard InChI is InChI=1S/C11H20N2O/c1-6-9(4)13(5)11(14)10(7-12)8(2)3/h8-10H,6H2,1-5H3. The molecule has 0 aromatic rings. The monoisotopic (exact) mass is 196 g/mol. The van der Waals surface area contributed by atoms with Gasteiger partial charge in [-0.15, -0.1) is 0 Å². The van der Waals surface area contributed by atoms with Gasteiger partial charge in [0.1, 0.15) is 5.92 Å². The van der Waals surface area contributed by atoms with E-state index in [4.69, 9.17) is 5.26 Å². The molecular weight excluding hydrogens is 176 g/mol. The third-order valence-corrected chi connectivity index (χ3v) is 2.67. The molecule has 0 bridgehead atoms. The molecule has 0 N–H and O–H groups in total. The van der Waals surface area contributed by atoms with Gasteiger partial charge in [0, 0.05) is 13.1 Å². The van der Waals surface area contributed by atoms with Crippen LogP contribution in [0.25, 0.3) is 0 Å². The highest BCUT2D eigenvalue weighted by molar-refractivity contribution is 5.81. The lowest BCUT2D eigenvalue weighted by atomic mass is 9.95. The van der Waals surface area contributed by atoms with E-state index in [1.54, 1.807) is 11.9 Å². The summed E-state index contributed by atoms with van der Waals surface area (Å²) in [5.74, 6) is -0.482. The molecule has 0 radical (unpaired) electrons. The van der Waals surface area contributed by atoms with Gasteiger partial charge in [0.15, 0.2) is 0 Å². The van der Waals surface area contributed by atoms with Crippen molar-refractivity contribution in [1.82, 2.24) is 4.90 Å². The molecule has 0 aromatic carbocycles. The maximum absolute atomic E-state index is 11.8. The Bertz CT molecular complexity index is 230. The zero-order chi connectivity index (χ0) is 11.3. The van der Waals surface area contributed by atoms with Crippen molar-refractivity contribution in [2.75, 3.05) is 7.05 Å². The molecule has 0 aliphatic rings. The molecular formula is C11H20N2O. The topological polar surface area (TPSA) is 44.1 Å². The van der Waals surface area contributed by atoms with Crippen LogP contribution in [0.4, 0.5) is 0 Å². The van der Waals surface area contributed by atoms with E-state index >= 15 is 0 Å². The third kappa shape index (κ3) is 3.02. The van der Waals surface area contributed by atoms with E-state index in [0.29, 0.717) is 0 Å². The zero-order valence-corrected chi connectivity index (χ0v) is 9.74. The number of nitrogens with zero attached hydrogens (tertiary/aromatic N) is 2. The summed E-state index contributed by atoms with van der Waals surface area (Å²) in [6, 6.07) is 2.28. The van der Waals surface area contributed by atoms with E-state index in [1.165, 1.54) is 0 Å². The molecule has 2 atom stereocenters. The first-order valence-corrected chi connectivity index (χ1v) is 5.11. The average molecular weight is 196 g/mol. The van der Waals surface area contributed by atoms with Crippen LogP contribution >= 0.6 is 0 Å². The van der Waals surface area contributed by atoms with Crippen molar-refractivity contribution in [2.24, 2.45) is 11.8 Å². The summed E-state index contributed by atoms with van der Waals surface area (Å²) in [6.45, 7) is 7.82. The van der Waals surface area contributed by atoms with Crippen molar-refractivity contribution in [1.29, 1.82) is 5.26 Å². The second kappa shape index (κ2) is 5.64. The Balaban J connectivity index is 4.52. The Morgan fingerprint density at radius 3 is 2.21 bits per heavy atom. The highest BCUT2D eigenvalue weighted by Gasteiger charge is 2.26. The molecule has 0 aliphatic carbocycles. The van der Waals surface area contributed by atoms with E-state index in [2.05, 4.69) is 6.07 Å². The van der Waals surface area contributed by atoms with Crippen LogP contribution in [-0.4, -0.2) is 23.9 Å². The van der Waals surface area contributed by atoms with Crippen LogP contribution < -0.4 is 0 Å². The Labute approximate surface area is 86.7 Å². The van der Waals surface area contributed by atoms with Gasteiger partial charge in [-0.05, 0) is 19.3 Å². The van der Waals surface area contributed by atoms with Gasteiger partial charge in [-0.1, -0.05) is 20.8 Å². The van der Waals surface area contributed by atoms with Crippen molar-refractivity contribution in [3.05, 3.63) is 0 Å². The lowest BCUT2D eigenvalue weighted by molar-refractivity contribution is -0.135. The number of carbonyl (C=O) groups excluding carboxylic acids is 1. The first kappa shape index (κ1) is 13.0. The van der Waals surface area contributed by atoms with Gasteiger partial charge in [0.25, 0.3) is 0 Å². The fourth-order valence-corrected chi connectivity index (χ4v) is 1.20. The van der Waals surface area contributed by atoms with Crippen LogP contribution in [0.1, 0.15) is 34.1 Å². The second-order valence-electron chi connectivity index (χ2n) is 4.06. The molecule has 80 valence electrons. The predicted octanol–water partition coefficient (Wildman–Crippen LogP) is 2.04. The number of hydrogen-bond acceptors (Lipinski definition) is 2. The number of rotatable bonds is 4. The minimum Gasteiger partial charge on any atom is -0.342 e. The first-order valence-electron chi connectivity index (χ1n) is 5.11. The highest BCUT2D eigenvalue weighted by atomic mass is 16.2. The maximum Gasteiger partial charge on any atom is 0.240 e. The SMILES string of the molecule is CCC(C)N(C)C(=O)C(C#N)C(C)C. The van der Waals surface area contributed by atoms with Crippen LogP contribution in [0.3, 0.4) is 0 Å². The molecule has 0 aliphatic heterocycles. The molecule has 0 spiro atoms. The number of carbonyl (C=O) groups is 1. The first-order chi connectivity index (χ1) is 6.45. The Kier molecular flexibility index (Phi) is 5.22.